The summed E-state index contributed by atoms with van der Waals surface area (Å²) >= 11 is 0. The molecule has 1 aliphatic rings. The highest BCUT2D eigenvalue weighted by atomic mass is 16.1. The minimum atomic E-state index is -0.320. The average Bonchev–Trinajstić information content (AvgIpc) is 2.85. The molecule has 0 radical (unpaired) electrons. The van der Waals surface area contributed by atoms with Crippen LogP contribution in [0.4, 0.5) is 0 Å². The Bertz CT molecular complexity index is 389. The molecule has 1 heterocycles. The molecule has 1 aromatic rings. The maximum absolute atomic E-state index is 12.6. The summed E-state index contributed by atoms with van der Waals surface area (Å²) in [6.07, 6.45) is 7.68. The van der Waals surface area contributed by atoms with Gasteiger partial charge >= 0.3 is 0 Å². The largest absolute Gasteiger partial charge is 0.332 e. The van der Waals surface area contributed by atoms with Crippen molar-refractivity contribution in [1.82, 2.24) is 14.5 Å². The predicted molar refractivity (Wildman–Crippen MR) is 62.4 cm³/mol. The van der Waals surface area contributed by atoms with E-state index in [1.54, 1.807) is 6.20 Å². The number of hydrogen-bond donors (Lipinski definition) is 0. The summed E-state index contributed by atoms with van der Waals surface area (Å²) in [5.41, 5.74) is -0.320. The zero-order chi connectivity index (χ0) is 11.8. The van der Waals surface area contributed by atoms with Gasteiger partial charge in [-0.2, -0.15) is 0 Å². The Morgan fingerprint density at radius 2 is 2.06 bits per heavy atom. The number of imidazole rings is 1. The third-order valence-electron chi connectivity index (χ3n) is 3.73. The fraction of sp³-hybridized carbons (Fsp3) is 0.667. The van der Waals surface area contributed by atoms with Crippen molar-refractivity contribution in [1.29, 1.82) is 0 Å². The van der Waals surface area contributed by atoms with Crippen molar-refractivity contribution in [2.45, 2.75) is 31.2 Å². The van der Waals surface area contributed by atoms with E-state index in [4.69, 9.17) is 0 Å². The van der Waals surface area contributed by atoms with Gasteiger partial charge in [0.1, 0.15) is 0 Å². The zero-order valence-electron chi connectivity index (χ0n) is 10.2. The minimum Gasteiger partial charge on any atom is -0.332 e. The Hall–Kier alpha value is -1.16. The summed E-state index contributed by atoms with van der Waals surface area (Å²) in [4.78, 5) is 18.8. The Labute approximate surface area is 96.3 Å². The number of nitrogens with zero attached hydrogens (tertiary/aromatic N) is 3. The van der Waals surface area contributed by atoms with E-state index in [0.717, 1.165) is 25.7 Å². The van der Waals surface area contributed by atoms with Gasteiger partial charge in [0.15, 0.2) is 5.82 Å². The average molecular weight is 221 g/mol. The standard InChI is InChI=1S/C12H19N3O/c1-14(2)12(6-4-5-7-12)10(16)11-13-8-9-15(11)3/h8-9H,4-7H2,1-3H3. The highest BCUT2D eigenvalue weighted by molar-refractivity contribution is 6.00. The van der Waals surface area contributed by atoms with Crippen molar-refractivity contribution in [2.75, 3.05) is 14.1 Å². The van der Waals surface area contributed by atoms with E-state index in [2.05, 4.69) is 9.88 Å². The number of carbonyl (C=O) groups is 1. The van der Waals surface area contributed by atoms with Crippen molar-refractivity contribution in [2.24, 2.45) is 7.05 Å². The molecule has 1 aliphatic carbocycles. The van der Waals surface area contributed by atoms with Crippen LogP contribution >= 0.6 is 0 Å². The van der Waals surface area contributed by atoms with Crippen LogP contribution in [-0.2, 0) is 7.05 Å². The van der Waals surface area contributed by atoms with Crippen LogP contribution in [-0.4, -0.2) is 39.9 Å². The first kappa shape index (κ1) is 11.3. The lowest BCUT2D eigenvalue weighted by Crippen LogP contribution is -2.49. The second-order valence-corrected chi connectivity index (χ2v) is 4.82. The summed E-state index contributed by atoms with van der Waals surface area (Å²) in [7, 11) is 5.86. The van der Waals surface area contributed by atoms with E-state index < -0.39 is 0 Å². The molecule has 1 saturated carbocycles. The summed E-state index contributed by atoms with van der Waals surface area (Å²) in [5, 5.41) is 0. The fourth-order valence-electron chi connectivity index (χ4n) is 2.63. The van der Waals surface area contributed by atoms with E-state index >= 15 is 0 Å². The van der Waals surface area contributed by atoms with Crippen molar-refractivity contribution in [3.8, 4) is 0 Å². The van der Waals surface area contributed by atoms with Gasteiger partial charge < -0.3 is 4.57 Å². The monoisotopic (exact) mass is 221 g/mol. The molecule has 4 nitrogen and oxygen atoms in total. The van der Waals surface area contributed by atoms with E-state index in [0.29, 0.717) is 5.82 Å². The lowest BCUT2D eigenvalue weighted by Gasteiger charge is -2.34. The predicted octanol–water partition coefficient (Wildman–Crippen LogP) is 1.48. The molecule has 4 heteroatoms. The first-order valence-corrected chi connectivity index (χ1v) is 5.77. The number of Topliss-reactive ketones (excluding diaryl/α,β-unsaturated/α-hetero) is 1. The van der Waals surface area contributed by atoms with Crippen LogP contribution in [0.15, 0.2) is 12.4 Å². The molecule has 16 heavy (non-hydrogen) atoms. The number of aryl methyl sites for hydroxylation is 1. The van der Waals surface area contributed by atoms with Crippen LogP contribution in [0.5, 0.6) is 0 Å². The lowest BCUT2D eigenvalue weighted by atomic mass is 9.90. The second kappa shape index (κ2) is 4.01. The van der Waals surface area contributed by atoms with Crippen LogP contribution in [0.3, 0.4) is 0 Å². The van der Waals surface area contributed by atoms with Crippen molar-refractivity contribution in [3.63, 3.8) is 0 Å². The summed E-state index contributed by atoms with van der Waals surface area (Å²) in [6, 6.07) is 0. The molecule has 2 rings (SSSR count). The highest BCUT2D eigenvalue weighted by Crippen LogP contribution is 2.36. The van der Waals surface area contributed by atoms with Gasteiger partial charge in [0.25, 0.3) is 0 Å². The molecule has 0 bridgehead atoms. The molecule has 1 fully saturated rings. The van der Waals surface area contributed by atoms with Crippen LogP contribution in [0.2, 0.25) is 0 Å². The number of likely N-dealkylation sites (N-methyl/N-ethyl adjacent to an activating group) is 1. The fourth-order valence-corrected chi connectivity index (χ4v) is 2.63. The number of aromatic nitrogens is 2. The Morgan fingerprint density at radius 3 is 2.50 bits per heavy atom. The van der Waals surface area contributed by atoms with Crippen LogP contribution in [0.25, 0.3) is 0 Å². The SMILES string of the molecule is CN(C)C1(C(=O)c2nccn2C)CCCC1. The molecule has 0 N–H and O–H groups in total. The molecule has 0 aromatic carbocycles. The Kier molecular flexibility index (Phi) is 2.84. The normalized spacial score (nSPS) is 19.2. The quantitative estimate of drug-likeness (QED) is 0.726. The van der Waals surface area contributed by atoms with Crippen molar-refractivity contribution < 1.29 is 4.79 Å². The van der Waals surface area contributed by atoms with Gasteiger partial charge in [-0.15, -0.1) is 0 Å². The van der Waals surface area contributed by atoms with Crippen molar-refractivity contribution >= 4 is 5.78 Å². The summed E-state index contributed by atoms with van der Waals surface area (Å²) in [6.45, 7) is 0. The van der Waals surface area contributed by atoms with Crippen LogP contribution < -0.4 is 0 Å². The first-order chi connectivity index (χ1) is 7.58. The second-order valence-electron chi connectivity index (χ2n) is 4.82. The maximum atomic E-state index is 12.6. The molecular weight excluding hydrogens is 202 g/mol. The van der Waals surface area contributed by atoms with Gasteiger partial charge in [0.2, 0.25) is 5.78 Å². The smallest absolute Gasteiger partial charge is 0.218 e. The molecule has 0 amide bonds. The topological polar surface area (TPSA) is 38.1 Å². The van der Waals surface area contributed by atoms with Crippen LogP contribution in [0.1, 0.15) is 36.3 Å². The molecule has 0 spiro atoms. The summed E-state index contributed by atoms with van der Waals surface area (Å²) in [5.74, 6) is 0.748. The number of rotatable bonds is 3. The highest BCUT2D eigenvalue weighted by Gasteiger charge is 2.44. The molecular formula is C12H19N3O. The number of carbonyl (C=O) groups excluding carboxylic acids is 1. The van der Waals surface area contributed by atoms with Crippen LogP contribution in [0, 0.1) is 0 Å². The van der Waals surface area contributed by atoms with Gasteiger partial charge in [-0.05, 0) is 26.9 Å². The lowest BCUT2D eigenvalue weighted by molar-refractivity contribution is 0.0678. The van der Waals surface area contributed by atoms with E-state index in [1.165, 1.54) is 0 Å². The molecule has 88 valence electrons. The Morgan fingerprint density at radius 1 is 1.44 bits per heavy atom. The molecule has 0 unspecified atom stereocenters. The Balaban J connectivity index is 2.35. The maximum Gasteiger partial charge on any atom is 0.218 e. The molecule has 0 aliphatic heterocycles. The van der Waals surface area contributed by atoms with Gasteiger partial charge in [-0.3, -0.25) is 9.69 Å². The number of ketones is 1. The van der Waals surface area contributed by atoms with E-state index in [9.17, 15) is 4.79 Å². The zero-order valence-corrected chi connectivity index (χ0v) is 10.2. The van der Waals surface area contributed by atoms with Gasteiger partial charge in [-0.25, -0.2) is 4.98 Å². The minimum absolute atomic E-state index is 0.169. The first-order valence-electron chi connectivity index (χ1n) is 5.77. The van der Waals surface area contributed by atoms with Gasteiger partial charge in [0.05, 0.1) is 5.54 Å². The summed E-state index contributed by atoms with van der Waals surface area (Å²) < 4.78 is 1.81. The van der Waals surface area contributed by atoms with Gasteiger partial charge in [0, 0.05) is 19.4 Å². The third kappa shape index (κ3) is 1.57. The molecule has 1 aromatic heterocycles. The van der Waals surface area contributed by atoms with Crippen molar-refractivity contribution in [3.05, 3.63) is 18.2 Å². The van der Waals surface area contributed by atoms with Gasteiger partial charge in [-0.1, -0.05) is 12.8 Å². The molecule has 0 saturated heterocycles. The molecule has 0 atom stereocenters. The van der Waals surface area contributed by atoms with E-state index in [-0.39, 0.29) is 11.3 Å². The van der Waals surface area contributed by atoms with E-state index in [1.807, 2.05) is 31.9 Å². The number of hydrogen-bond acceptors (Lipinski definition) is 3. The third-order valence-corrected chi connectivity index (χ3v) is 3.73.